The Hall–Kier alpha value is -9.00. The second kappa shape index (κ2) is 17.1. The van der Waals surface area contributed by atoms with Crippen molar-refractivity contribution in [3.05, 3.63) is 248 Å². The molecule has 0 N–H and O–H groups in total. The fourth-order valence-electron chi connectivity index (χ4n) is 10.9. The number of furan rings is 2. The number of nitrogens with zero attached hydrogens (tertiary/aromatic N) is 3. The van der Waals surface area contributed by atoms with Gasteiger partial charge in [-0.05, 0) is 141 Å². The minimum Gasteiger partial charge on any atom is -0.457 e. The van der Waals surface area contributed by atoms with Crippen molar-refractivity contribution in [2.45, 2.75) is 26.2 Å². The zero-order valence-electron chi connectivity index (χ0n) is 40.5. The fourth-order valence-corrected chi connectivity index (χ4v) is 10.9. The van der Waals surface area contributed by atoms with Crippen molar-refractivity contribution in [1.82, 2.24) is 0 Å². The smallest absolute Gasteiger partial charge is 0.252 e. The third-order valence-corrected chi connectivity index (χ3v) is 14.3. The molecular weight excluding hydrogens is 878 g/mol. The van der Waals surface area contributed by atoms with Crippen LogP contribution in [0.25, 0.3) is 50.5 Å². The van der Waals surface area contributed by atoms with E-state index in [0.29, 0.717) is 0 Å². The number of hydrogen-bond acceptors (Lipinski definition) is 5. The summed E-state index contributed by atoms with van der Waals surface area (Å²) in [7, 11) is 0. The number of para-hydroxylation sites is 3. The van der Waals surface area contributed by atoms with Gasteiger partial charge in [0.15, 0.2) is 0 Å². The van der Waals surface area contributed by atoms with E-state index in [1.807, 2.05) is 36.4 Å². The quantitative estimate of drug-likeness (QED) is 0.106. The molecule has 0 saturated heterocycles. The van der Waals surface area contributed by atoms with E-state index in [4.69, 9.17) is 8.83 Å². The number of anilines is 9. The molecule has 0 spiro atoms. The molecule has 2 aliphatic rings. The number of rotatable bonds is 9. The highest BCUT2D eigenvalue weighted by atomic mass is 16.3. The highest BCUT2D eigenvalue weighted by Crippen LogP contribution is 2.49. The van der Waals surface area contributed by atoms with Gasteiger partial charge in [0.05, 0.1) is 5.69 Å². The second-order valence-electron chi connectivity index (χ2n) is 19.8. The molecule has 5 nitrogen and oxygen atoms in total. The summed E-state index contributed by atoms with van der Waals surface area (Å²) < 4.78 is 13.1. The van der Waals surface area contributed by atoms with E-state index in [1.165, 1.54) is 32.7 Å². The number of benzene rings is 9. The normalized spacial score (nSPS) is 12.8. The van der Waals surface area contributed by atoms with E-state index in [-0.39, 0.29) is 12.1 Å². The summed E-state index contributed by atoms with van der Waals surface area (Å²) in [6.07, 6.45) is 5.59. The SMILES string of the molecule is C=C/C=C\c1ccc(-c2cccc(N3c4cc(-c5cc6ccccc6o5)ccc4B4c5ccccc5N(c5ccccc5)c5cc(N(c6ccc(C(C)(C)C)cc6)c6ccc7ccccc7c6)cc3c54)c2)o1. The van der Waals surface area contributed by atoms with Gasteiger partial charge in [-0.15, -0.1) is 0 Å². The lowest BCUT2D eigenvalue weighted by atomic mass is 9.33. The lowest BCUT2D eigenvalue weighted by Gasteiger charge is -2.45. The van der Waals surface area contributed by atoms with Crippen molar-refractivity contribution in [1.29, 1.82) is 0 Å². The highest BCUT2D eigenvalue weighted by Gasteiger charge is 2.44. The predicted octanol–water partition coefficient (Wildman–Crippen LogP) is 16.6. The Labute approximate surface area is 420 Å². The average Bonchev–Trinajstić information content (AvgIpc) is 4.09. The van der Waals surface area contributed by atoms with E-state index < -0.39 is 0 Å². The van der Waals surface area contributed by atoms with E-state index in [9.17, 15) is 0 Å². The summed E-state index contributed by atoms with van der Waals surface area (Å²) in [5.41, 5.74) is 17.5. The summed E-state index contributed by atoms with van der Waals surface area (Å²) in [6, 6.07) is 79.3. The van der Waals surface area contributed by atoms with Gasteiger partial charge >= 0.3 is 0 Å². The Balaban J connectivity index is 1.12. The van der Waals surface area contributed by atoms with Crippen molar-refractivity contribution in [3.63, 3.8) is 0 Å². The highest BCUT2D eigenvalue weighted by molar-refractivity contribution is 7.00. The molecule has 0 amide bonds. The Morgan fingerprint density at radius 1 is 0.472 bits per heavy atom. The van der Waals surface area contributed by atoms with Crippen LogP contribution in [0.5, 0.6) is 0 Å². The van der Waals surface area contributed by atoms with Gasteiger partial charge in [-0.1, -0.05) is 161 Å². The third-order valence-electron chi connectivity index (χ3n) is 14.3. The molecule has 13 rings (SSSR count). The summed E-state index contributed by atoms with van der Waals surface area (Å²) in [6.45, 7) is 10.6. The zero-order chi connectivity index (χ0) is 48.5. The van der Waals surface area contributed by atoms with Crippen molar-refractivity contribution in [2.75, 3.05) is 14.7 Å². The molecule has 0 radical (unpaired) electrons. The average molecular weight is 928 g/mol. The monoisotopic (exact) mass is 927 g/mol. The Kier molecular flexibility index (Phi) is 10.3. The number of allylic oxidation sites excluding steroid dienone is 2. The number of hydrogen-bond donors (Lipinski definition) is 0. The van der Waals surface area contributed by atoms with Gasteiger partial charge < -0.3 is 23.5 Å². The van der Waals surface area contributed by atoms with E-state index >= 15 is 0 Å². The Morgan fingerprint density at radius 3 is 1.94 bits per heavy atom. The van der Waals surface area contributed by atoms with Crippen LogP contribution in [0.3, 0.4) is 0 Å². The van der Waals surface area contributed by atoms with Crippen molar-refractivity contribution < 1.29 is 8.83 Å². The van der Waals surface area contributed by atoms with Gasteiger partial charge in [-0.3, -0.25) is 0 Å². The first-order chi connectivity index (χ1) is 35.3. The van der Waals surface area contributed by atoms with Gasteiger partial charge in [0.1, 0.15) is 22.9 Å². The van der Waals surface area contributed by atoms with Crippen LogP contribution in [0.4, 0.5) is 51.2 Å². The maximum absolute atomic E-state index is 6.62. The molecule has 0 bridgehead atoms. The predicted molar refractivity (Wildman–Crippen MR) is 303 cm³/mol. The van der Waals surface area contributed by atoms with Crippen LogP contribution in [0, 0.1) is 0 Å². The molecule has 2 aromatic heterocycles. The maximum Gasteiger partial charge on any atom is 0.252 e. The van der Waals surface area contributed by atoms with Gasteiger partial charge in [-0.25, -0.2) is 0 Å². The summed E-state index contributed by atoms with van der Waals surface area (Å²) in [5.74, 6) is 2.37. The van der Waals surface area contributed by atoms with Crippen LogP contribution in [0.2, 0.25) is 0 Å². The first kappa shape index (κ1) is 43.1. The molecule has 0 fully saturated rings. The molecule has 11 aromatic rings. The van der Waals surface area contributed by atoms with E-state index in [2.05, 4.69) is 236 Å². The third kappa shape index (κ3) is 7.34. The van der Waals surface area contributed by atoms with Gasteiger partial charge in [0.2, 0.25) is 0 Å². The van der Waals surface area contributed by atoms with Gasteiger partial charge in [0, 0.05) is 62.0 Å². The zero-order valence-corrected chi connectivity index (χ0v) is 40.5. The van der Waals surface area contributed by atoms with Crippen molar-refractivity contribution >= 4 is 102 Å². The molecule has 0 saturated carbocycles. The summed E-state index contributed by atoms with van der Waals surface area (Å²) in [5, 5.41) is 3.45. The van der Waals surface area contributed by atoms with Crippen LogP contribution in [0.15, 0.2) is 246 Å². The van der Waals surface area contributed by atoms with Crippen LogP contribution in [-0.4, -0.2) is 6.71 Å². The summed E-state index contributed by atoms with van der Waals surface area (Å²) >= 11 is 0. The molecule has 4 heterocycles. The molecule has 0 unspecified atom stereocenters. The van der Waals surface area contributed by atoms with E-state index in [0.717, 1.165) is 90.6 Å². The largest absolute Gasteiger partial charge is 0.457 e. The minimum absolute atomic E-state index is 0.00987. The molecule has 344 valence electrons. The molecule has 0 aliphatic carbocycles. The van der Waals surface area contributed by atoms with Gasteiger partial charge in [-0.2, -0.15) is 0 Å². The molecule has 2 aliphatic heterocycles. The van der Waals surface area contributed by atoms with Crippen LogP contribution in [-0.2, 0) is 5.41 Å². The first-order valence-electron chi connectivity index (χ1n) is 24.7. The molecular formula is C66H50BN3O2. The standard InChI is InChI=1S/C66H50BN3O2/c1-5-6-24-55-35-37-63(71-55)46-20-16-23-52(39-46)70-59-40-48(64-41-47-19-12-15-27-62(47)72-64)29-36-57(59)67-56-25-13-14-26-58(56)69(50-21-8-7-9-22-50)60-42-54(43-61(70)65(60)67)68(51-33-30-49(31-34-51)66(2,3)4)53-32-28-44-17-10-11-18-45(44)38-53/h5-43H,1H2,2-4H3/b24-6-. The van der Waals surface area contributed by atoms with Crippen LogP contribution in [0.1, 0.15) is 32.1 Å². The molecule has 72 heavy (non-hydrogen) atoms. The van der Waals surface area contributed by atoms with Crippen LogP contribution >= 0.6 is 0 Å². The maximum atomic E-state index is 6.62. The lowest BCUT2D eigenvalue weighted by Crippen LogP contribution is -2.61. The lowest BCUT2D eigenvalue weighted by molar-refractivity contribution is 0.572. The Bertz CT molecular complexity index is 3880. The number of fused-ring (bicyclic) bond motifs is 6. The molecule has 9 aromatic carbocycles. The first-order valence-corrected chi connectivity index (χ1v) is 24.7. The van der Waals surface area contributed by atoms with Crippen molar-refractivity contribution in [3.8, 4) is 22.6 Å². The van der Waals surface area contributed by atoms with Crippen molar-refractivity contribution in [2.24, 2.45) is 0 Å². The molecule has 0 atom stereocenters. The van der Waals surface area contributed by atoms with Crippen LogP contribution < -0.4 is 31.1 Å². The topological polar surface area (TPSA) is 36.0 Å². The second-order valence-corrected chi connectivity index (χ2v) is 19.8. The Morgan fingerprint density at radius 2 is 1.15 bits per heavy atom. The minimum atomic E-state index is -0.0937. The summed E-state index contributed by atoms with van der Waals surface area (Å²) in [4.78, 5) is 7.38. The molecule has 6 heteroatoms. The van der Waals surface area contributed by atoms with E-state index in [1.54, 1.807) is 6.08 Å². The fraction of sp³-hybridized carbons (Fsp3) is 0.0606. The van der Waals surface area contributed by atoms with Gasteiger partial charge in [0.25, 0.3) is 6.71 Å².